The van der Waals surface area contributed by atoms with Gasteiger partial charge in [0, 0.05) is 84.5 Å². The molecule has 0 unspecified atom stereocenters. The van der Waals surface area contributed by atoms with Crippen LogP contribution in [0.4, 0.5) is 0 Å². The monoisotopic (exact) mass is 742 g/mol. The first-order chi connectivity index (χ1) is 25.2. The van der Waals surface area contributed by atoms with E-state index in [1.807, 2.05) is 67.6 Å². The number of aryl methyl sites for hydroxylation is 1. The topological polar surface area (TPSA) is 139 Å². The first-order valence-corrected chi connectivity index (χ1v) is 18.1. The predicted octanol–water partition coefficient (Wildman–Crippen LogP) is 5.32. The number of methoxy groups -OCH3 is 1. The van der Waals surface area contributed by atoms with Gasteiger partial charge in [0.15, 0.2) is 0 Å². The van der Waals surface area contributed by atoms with E-state index >= 15 is 0 Å². The Morgan fingerprint density at radius 2 is 1.73 bits per heavy atom. The van der Waals surface area contributed by atoms with Gasteiger partial charge >= 0.3 is 0 Å². The number of rotatable bonds is 11. The second-order valence-corrected chi connectivity index (χ2v) is 13.9. The van der Waals surface area contributed by atoms with Crippen LogP contribution in [0.3, 0.4) is 0 Å². The number of fused-ring (bicyclic) bond motifs is 1. The number of carbonyl (C=O) groups excluding carboxylic acids is 1. The van der Waals surface area contributed by atoms with Gasteiger partial charge in [0.05, 0.1) is 41.1 Å². The molecule has 0 aliphatic carbocycles. The molecule has 13 heteroatoms. The van der Waals surface area contributed by atoms with Crippen LogP contribution in [0.2, 0.25) is 10.0 Å². The zero-order chi connectivity index (χ0) is 36.4. The molecule has 2 aromatic carbocycles. The van der Waals surface area contributed by atoms with E-state index in [4.69, 9.17) is 42.6 Å². The van der Waals surface area contributed by atoms with Gasteiger partial charge in [0.25, 0.3) is 5.56 Å². The number of pyridine rings is 2. The minimum atomic E-state index is -0.563. The van der Waals surface area contributed by atoms with Gasteiger partial charge in [-0.25, -0.2) is 9.97 Å². The quantitative estimate of drug-likeness (QED) is 0.142. The standard InChI is InChI=1S/C39H40Cl2N6O5/c1-22-30(20-42-19-25-10-12-35(49)45-25)39(50)47-15-13-23(17-34(47)44-22)26-5-3-6-27(36(26)40)28-7-4-8-29(37(28)41)31-11-9-24(38(46-31)51-2)18-43-32-14-16-52-21-33(32)48/h3-9,11,13,15,17,25,32-33,42-43,48H,10,12,14,16,18-21H2,1-2H3,(H,45,49)/t25-,32-,33-/m1/s1. The van der Waals surface area contributed by atoms with E-state index in [0.29, 0.717) is 77.8 Å². The van der Waals surface area contributed by atoms with Crippen molar-refractivity contribution in [2.75, 3.05) is 26.9 Å². The van der Waals surface area contributed by atoms with Gasteiger partial charge in [-0.05, 0) is 43.5 Å². The number of nitrogens with one attached hydrogen (secondary N) is 3. The van der Waals surface area contributed by atoms with Gasteiger partial charge in [-0.15, -0.1) is 0 Å². The van der Waals surface area contributed by atoms with E-state index in [1.165, 1.54) is 0 Å². The van der Waals surface area contributed by atoms with Crippen molar-refractivity contribution in [2.45, 2.75) is 57.5 Å². The summed E-state index contributed by atoms with van der Waals surface area (Å²) in [5.74, 6) is 0.529. The number of aliphatic hydroxyl groups excluding tert-OH is 1. The SMILES string of the molecule is COc1nc(-c2cccc(-c3cccc(-c4ccn5c(=O)c(CNC[C@H]6CCC(=O)N6)c(C)nc5c4)c3Cl)c2Cl)ccc1CN[C@@H]1CCOC[C@H]1O. The van der Waals surface area contributed by atoms with Crippen LogP contribution in [0, 0.1) is 6.92 Å². The minimum Gasteiger partial charge on any atom is -0.481 e. The molecule has 3 atom stereocenters. The third kappa shape index (κ3) is 7.43. The van der Waals surface area contributed by atoms with Gasteiger partial charge in [0.2, 0.25) is 11.8 Å². The van der Waals surface area contributed by atoms with E-state index in [0.717, 1.165) is 46.2 Å². The predicted molar refractivity (Wildman–Crippen MR) is 202 cm³/mol. The van der Waals surface area contributed by atoms with Crippen molar-refractivity contribution >= 4 is 34.8 Å². The Bertz CT molecular complexity index is 2190. The van der Waals surface area contributed by atoms with Crippen molar-refractivity contribution in [1.29, 1.82) is 0 Å². The lowest BCUT2D eigenvalue weighted by molar-refractivity contribution is -0.119. The van der Waals surface area contributed by atoms with E-state index in [2.05, 4.69) is 16.0 Å². The number of aliphatic hydroxyl groups is 1. The highest BCUT2D eigenvalue weighted by molar-refractivity contribution is 6.39. The molecule has 2 fully saturated rings. The van der Waals surface area contributed by atoms with Crippen molar-refractivity contribution in [3.63, 3.8) is 0 Å². The van der Waals surface area contributed by atoms with E-state index in [-0.39, 0.29) is 23.6 Å². The highest BCUT2D eigenvalue weighted by atomic mass is 35.5. The van der Waals surface area contributed by atoms with Crippen molar-refractivity contribution in [3.05, 3.63) is 104 Å². The van der Waals surface area contributed by atoms with Crippen molar-refractivity contribution in [1.82, 2.24) is 30.3 Å². The molecular weight excluding hydrogens is 703 g/mol. The highest BCUT2D eigenvalue weighted by Crippen LogP contribution is 2.42. The fraction of sp³-hybridized carbons (Fsp3) is 0.333. The number of carbonyl (C=O) groups is 1. The Morgan fingerprint density at radius 3 is 2.46 bits per heavy atom. The van der Waals surface area contributed by atoms with Gasteiger partial charge < -0.3 is 30.5 Å². The molecule has 5 heterocycles. The number of hydrogen-bond donors (Lipinski definition) is 4. The van der Waals surface area contributed by atoms with Crippen LogP contribution in [0.1, 0.15) is 36.1 Å². The smallest absolute Gasteiger partial charge is 0.262 e. The summed E-state index contributed by atoms with van der Waals surface area (Å²) in [6, 6.07) is 19.1. The number of nitrogens with zero attached hydrogens (tertiary/aromatic N) is 3. The Balaban J connectivity index is 1.13. The maximum absolute atomic E-state index is 13.5. The third-order valence-electron chi connectivity index (χ3n) is 9.80. The molecule has 0 saturated carbocycles. The van der Waals surface area contributed by atoms with Crippen LogP contribution < -0.4 is 26.2 Å². The molecule has 2 aliphatic rings. The van der Waals surface area contributed by atoms with Crippen LogP contribution in [0.5, 0.6) is 5.88 Å². The molecule has 0 radical (unpaired) electrons. The summed E-state index contributed by atoms with van der Waals surface area (Å²) in [5, 5.41) is 20.9. The lowest BCUT2D eigenvalue weighted by Crippen LogP contribution is -2.46. The molecule has 11 nitrogen and oxygen atoms in total. The van der Waals surface area contributed by atoms with Crippen LogP contribution in [0.15, 0.2) is 71.7 Å². The largest absolute Gasteiger partial charge is 0.481 e. The Labute approximate surface area is 311 Å². The minimum absolute atomic E-state index is 0.0615. The van der Waals surface area contributed by atoms with E-state index < -0.39 is 6.10 Å². The number of hydrogen-bond acceptors (Lipinski definition) is 9. The first-order valence-electron chi connectivity index (χ1n) is 17.3. The third-order valence-corrected chi connectivity index (χ3v) is 10.6. The Hall–Kier alpha value is -4.36. The Morgan fingerprint density at radius 1 is 0.981 bits per heavy atom. The van der Waals surface area contributed by atoms with Crippen LogP contribution in [-0.4, -0.2) is 70.4 Å². The first kappa shape index (κ1) is 36.0. The summed E-state index contributed by atoms with van der Waals surface area (Å²) in [5.41, 5.74) is 6.87. The molecule has 52 heavy (non-hydrogen) atoms. The molecule has 1 amide bonds. The maximum Gasteiger partial charge on any atom is 0.262 e. The summed E-state index contributed by atoms with van der Waals surface area (Å²) in [4.78, 5) is 34.6. The molecule has 270 valence electrons. The van der Waals surface area contributed by atoms with Gasteiger partial charge in [-0.3, -0.25) is 14.0 Å². The van der Waals surface area contributed by atoms with Crippen LogP contribution in [-0.2, 0) is 22.6 Å². The second kappa shape index (κ2) is 15.7. The number of halogens is 2. The zero-order valence-electron chi connectivity index (χ0n) is 28.9. The fourth-order valence-corrected chi connectivity index (χ4v) is 7.55. The summed E-state index contributed by atoms with van der Waals surface area (Å²) in [6.07, 6.45) is 3.20. The van der Waals surface area contributed by atoms with Crippen LogP contribution in [0.25, 0.3) is 39.2 Å². The lowest BCUT2D eigenvalue weighted by Gasteiger charge is -2.28. The molecule has 0 spiro atoms. The zero-order valence-corrected chi connectivity index (χ0v) is 30.4. The van der Waals surface area contributed by atoms with Crippen LogP contribution >= 0.6 is 23.2 Å². The number of aromatic nitrogens is 3. The Kier molecular flexibility index (Phi) is 10.9. The number of ether oxygens (including phenoxy) is 2. The number of amides is 1. The molecule has 7 rings (SSSR count). The molecule has 5 aromatic rings. The van der Waals surface area contributed by atoms with E-state index in [1.54, 1.807) is 17.7 Å². The average Bonchev–Trinajstić information content (AvgIpc) is 3.57. The number of benzene rings is 2. The van der Waals surface area contributed by atoms with Gasteiger partial charge in [-0.2, -0.15) is 0 Å². The van der Waals surface area contributed by atoms with E-state index in [9.17, 15) is 14.7 Å². The molecule has 2 aliphatic heterocycles. The normalized spacial score (nSPS) is 18.9. The summed E-state index contributed by atoms with van der Waals surface area (Å²) in [7, 11) is 1.58. The van der Waals surface area contributed by atoms with Crippen molar-refractivity contribution in [3.8, 4) is 39.4 Å². The fourth-order valence-electron chi connectivity index (χ4n) is 6.89. The molecule has 3 aromatic heterocycles. The summed E-state index contributed by atoms with van der Waals surface area (Å²) >= 11 is 14.2. The van der Waals surface area contributed by atoms with Crippen molar-refractivity contribution < 1.29 is 19.4 Å². The summed E-state index contributed by atoms with van der Waals surface area (Å²) in [6.45, 7) is 4.18. The maximum atomic E-state index is 13.5. The molecule has 0 bridgehead atoms. The average molecular weight is 744 g/mol. The van der Waals surface area contributed by atoms with Crippen molar-refractivity contribution in [2.24, 2.45) is 0 Å². The lowest BCUT2D eigenvalue weighted by atomic mass is 9.97. The molecule has 4 N–H and O–H groups in total. The summed E-state index contributed by atoms with van der Waals surface area (Å²) < 4.78 is 12.5. The van der Waals surface area contributed by atoms with Gasteiger partial charge in [0.1, 0.15) is 5.65 Å². The molecular formula is C39H40Cl2N6O5. The van der Waals surface area contributed by atoms with Gasteiger partial charge in [-0.1, -0.05) is 65.7 Å². The highest BCUT2D eigenvalue weighted by Gasteiger charge is 2.24. The molecule has 2 saturated heterocycles. The second-order valence-electron chi connectivity index (χ2n) is 13.2.